The molecule has 0 saturated heterocycles. The molecule has 1 aromatic rings. The second-order valence-electron chi connectivity index (χ2n) is 2.82. The second-order valence-corrected chi connectivity index (χ2v) is 3.77. The second kappa shape index (κ2) is 5.31. The summed E-state index contributed by atoms with van der Waals surface area (Å²) in [5.41, 5.74) is 4.50. The highest BCUT2D eigenvalue weighted by molar-refractivity contribution is 7.99. The van der Waals surface area contributed by atoms with Gasteiger partial charge < -0.3 is 15.4 Å². The van der Waals surface area contributed by atoms with Gasteiger partial charge in [0.1, 0.15) is 6.54 Å². The van der Waals surface area contributed by atoms with Crippen molar-refractivity contribution in [3.05, 3.63) is 22.6 Å². The maximum absolute atomic E-state index is 11.0. The van der Waals surface area contributed by atoms with E-state index in [1.165, 1.54) is 16.8 Å². The largest absolute Gasteiger partial charge is 0.481 e. The predicted molar refractivity (Wildman–Crippen MR) is 56.1 cm³/mol. The lowest BCUT2D eigenvalue weighted by atomic mass is 10.5. The SMILES string of the molecule is NC(=O)Cn1ccc(=O)nc1SCC(=O)O. The van der Waals surface area contributed by atoms with E-state index in [0.29, 0.717) is 0 Å². The Morgan fingerprint density at radius 3 is 2.81 bits per heavy atom. The highest BCUT2D eigenvalue weighted by atomic mass is 32.2. The molecule has 0 aromatic carbocycles. The summed E-state index contributed by atoms with van der Waals surface area (Å²) in [6, 6.07) is 1.17. The molecule has 86 valence electrons. The maximum atomic E-state index is 11.0. The topological polar surface area (TPSA) is 115 Å². The predicted octanol–water partition coefficient (Wildman–Crippen LogP) is -1.09. The zero-order valence-electron chi connectivity index (χ0n) is 8.12. The number of aliphatic carboxylic acids is 1. The van der Waals surface area contributed by atoms with Crippen molar-refractivity contribution in [1.29, 1.82) is 0 Å². The number of hydrogen-bond donors (Lipinski definition) is 2. The van der Waals surface area contributed by atoms with E-state index in [4.69, 9.17) is 10.8 Å². The van der Waals surface area contributed by atoms with Gasteiger partial charge in [-0.15, -0.1) is 0 Å². The van der Waals surface area contributed by atoms with Crippen LogP contribution in [0.4, 0.5) is 0 Å². The standard InChI is InChI=1S/C8H9N3O4S/c9-5(12)3-11-2-1-6(13)10-8(11)16-4-7(14)15/h1-2H,3-4H2,(H2,9,12)(H,14,15). The van der Waals surface area contributed by atoms with Gasteiger partial charge in [0.25, 0.3) is 5.56 Å². The molecular weight excluding hydrogens is 234 g/mol. The Bertz CT molecular complexity index is 471. The smallest absolute Gasteiger partial charge is 0.313 e. The summed E-state index contributed by atoms with van der Waals surface area (Å²) in [6.07, 6.45) is 1.35. The number of carbonyl (C=O) groups is 2. The number of primary amides is 1. The average Bonchev–Trinajstić information content (AvgIpc) is 2.17. The van der Waals surface area contributed by atoms with E-state index < -0.39 is 17.4 Å². The third kappa shape index (κ3) is 3.73. The molecule has 0 unspecified atom stereocenters. The van der Waals surface area contributed by atoms with Crippen molar-refractivity contribution in [2.75, 3.05) is 5.75 Å². The maximum Gasteiger partial charge on any atom is 0.313 e. The summed E-state index contributed by atoms with van der Waals surface area (Å²) in [5, 5.41) is 8.65. The molecule has 0 aliphatic rings. The minimum Gasteiger partial charge on any atom is -0.481 e. The first-order valence-corrected chi connectivity index (χ1v) is 5.18. The molecule has 0 spiro atoms. The number of rotatable bonds is 5. The fraction of sp³-hybridized carbons (Fsp3) is 0.250. The van der Waals surface area contributed by atoms with Crippen molar-refractivity contribution in [3.8, 4) is 0 Å². The first-order valence-electron chi connectivity index (χ1n) is 4.19. The molecule has 0 aliphatic heterocycles. The van der Waals surface area contributed by atoms with Gasteiger partial charge in [-0.2, -0.15) is 4.98 Å². The van der Waals surface area contributed by atoms with Gasteiger partial charge in [0.15, 0.2) is 5.16 Å². The van der Waals surface area contributed by atoms with Crippen LogP contribution < -0.4 is 11.3 Å². The van der Waals surface area contributed by atoms with Gasteiger partial charge in [0.05, 0.1) is 5.75 Å². The van der Waals surface area contributed by atoms with Gasteiger partial charge in [0.2, 0.25) is 5.91 Å². The third-order valence-corrected chi connectivity index (χ3v) is 2.47. The third-order valence-electron chi connectivity index (χ3n) is 1.50. The van der Waals surface area contributed by atoms with Crippen molar-refractivity contribution < 1.29 is 14.7 Å². The van der Waals surface area contributed by atoms with E-state index in [1.54, 1.807) is 0 Å². The summed E-state index contributed by atoms with van der Waals surface area (Å²) in [4.78, 5) is 35.6. The highest BCUT2D eigenvalue weighted by Gasteiger charge is 2.08. The molecule has 1 heterocycles. The van der Waals surface area contributed by atoms with Crippen LogP contribution >= 0.6 is 11.8 Å². The highest BCUT2D eigenvalue weighted by Crippen LogP contribution is 2.12. The van der Waals surface area contributed by atoms with E-state index in [0.717, 1.165) is 11.8 Å². The van der Waals surface area contributed by atoms with E-state index in [9.17, 15) is 14.4 Å². The normalized spacial score (nSPS) is 10.0. The number of carboxylic acid groups (broad SMARTS) is 1. The van der Waals surface area contributed by atoms with E-state index in [1.807, 2.05) is 0 Å². The number of thioether (sulfide) groups is 1. The van der Waals surface area contributed by atoms with Gasteiger partial charge in [0, 0.05) is 12.3 Å². The van der Waals surface area contributed by atoms with Crippen LogP contribution in [0.5, 0.6) is 0 Å². The number of amides is 1. The summed E-state index contributed by atoms with van der Waals surface area (Å²) >= 11 is 0.856. The molecule has 8 heteroatoms. The quantitative estimate of drug-likeness (QED) is 0.501. The van der Waals surface area contributed by atoms with Crippen LogP contribution in [-0.4, -0.2) is 32.3 Å². The summed E-state index contributed by atoms with van der Waals surface area (Å²) in [7, 11) is 0. The molecule has 0 atom stereocenters. The van der Waals surface area contributed by atoms with Crippen LogP contribution in [-0.2, 0) is 16.1 Å². The molecule has 0 bridgehead atoms. The minimum absolute atomic E-state index is 0.144. The van der Waals surface area contributed by atoms with Gasteiger partial charge >= 0.3 is 5.97 Å². The number of nitrogens with two attached hydrogens (primary N) is 1. The summed E-state index contributed by atoms with van der Waals surface area (Å²) < 4.78 is 1.33. The number of carbonyl (C=O) groups excluding carboxylic acids is 1. The zero-order valence-corrected chi connectivity index (χ0v) is 8.94. The van der Waals surface area contributed by atoms with Gasteiger partial charge in [-0.25, -0.2) is 0 Å². The Balaban J connectivity index is 2.93. The van der Waals surface area contributed by atoms with Crippen LogP contribution in [0, 0.1) is 0 Å². The Hall–Kier alpha value is -1.83. The molecule has 7 nitrogen and oxygen atoms in total. The van der Waals surface area contributed by atoms with Crippen molar-refractivity contribution in [3.63, 3.8) is 0 Å². The van der Waals surface area contributed by atoms with E-state index >= 15 is 0 Å². The molecule has 0 fully saturated rings. The Morgan fingerprint density at radius 1 is 1.56 bits per heavy atom. The van der Waals surface area contributed by atoms with Crippen LogP contribution in [0.15, 0.2) is 22.2 Å². The van der Waals surface area contributed by atoms with Gasteiger partial charge in [-0.3, -0.25) is 14.4 Å². The average molecular weight is 243 g/mol. The summed E-state index contributed by atoms with van der Waals surface area (Å²) in [6.45, 7) is -0.144. The van der Waals surface area contributed by atoms with E-state index in [2.05, 4.69) is 4.98 Å². The van der Waals surface area contributed by atoms with Crippen LogP contribution in [0.25, 0.3) is 0 Å². The first-order chi connectivity index (χ1) is 7.49. The van der Waals surface area contributed by atoms with Crippen LogP contribution in [0.2, 0.25) is 0 Å². The fourth-order valence-corrected chi connectivity index (χ4v) is 1.64. The van der Waals surface area contributed by atoms with Crippen molar-refractivity contribution >= 4 is 23.6 Å². The number of hydrogen-bond acceptors (Lipinski definition) is 5. The van der Waals surface area contributed by atoms with Crippen molar-refractivity contribution in [2.45, 2.75) is 11.7 Å². The Labute approximate surface area is 94.3 Å². The molecule has 0 saturated carbocycles. The lowest BCUT2D eigenvalue weighted by molar-refractivity contribution is -0.133. The molecule has 1 rings (SSSR count). The van der Waals surface area contributed by atoms with Crippen molar-refractivity contribution in [1.82, 2.24) is 9.55 Å². The number of aromatic nitrogens is 2. The molecule has 0 radical (unpaired) electrons. The lowest BCUT2D eigenvalue weighted by Crippen LogP contribution is -2.22. The zero-order chi connectivity index (χ0) is 12.1. The molecular formula is C8H9N3O4S. The molecule has 1 amide bonds. The van der Waals surface area contributed by atoms with Gasteiger partial charge in [-0.1, -0.05) is 11.8 Å². The molecule has 16 heavy (non-hydrogen) atoms. The molecule has 1 aromatic heterocycles. The lowest BCUT2D eigenvalue weighted by Gasteiger charge is -2.07. The Kier molecular flexibility index (Phi) is 4.06. The molecule has 3 N–H and O–H groups in total. The van der Waals surface area contributed by atoms with Crippen molar-refractivity contribution in [2.24, 2.45) is 5.73 Å². The monoisotopic (exact) mass is 243 g/mol. The van der Waals surface area contributed by atoms with Crippen LogP contribution in [0.3, 0.4) is 0 Å². The molecule has 0 aliphatic carbocycles. The Morgan fingerprint density at radius 2 is 2.25 bits per heavy atom. The fourth-order valence-electron chi connectivity index (χ4n) is 0.943. The van der Waals surface area contributed by atoms with E-state index in [-0.39, 0.29) is 17.5 Å². The van der Waals surface area contributed by atoms with Crippen LogP contribution in [0.1, 0.15) is 0 Å². The number of nitrogens with zero attached hydrogens (tertiary/aromatic N) is 2. The number of carboxylic acids is 1. The van der Waals surface area contributed by atoms with Gasteiger partial charge in [-0.05, 0) is 0 Å². The summed E-state index contributed by atoms with van der Waals surface area (Å²) in [5.74, 6) is -1.87. The minimum atomic E-state index is -1.03. The first kappa shape index (κ1) is 12.2.